The summed E-state index contributed by atoms with van der Waals surface area (Å²) in [7, 11) is 0. The molecule has 1 saturated carbocycles. The van der Waals surface area contributed by atoms with E-state index in [4.69, 9.17) is 16.9 Å². The monoisotopic (exact) mass is 262 g/mol. The van der Waals surface area contributed by atoms with E-state index in [1.165, 1.54) is 32.1 Å². The van der Waals surface area contributed by atoms with Gasteiger partial charge in [-0.15, -0.1) is 0 Å². The molecular formula is C15H19ClN2. The van der Waals surface area contributed by atoms with Crippen molar-refractivity contribution in [3.05, 3.63) is 28.8 Å². The Hall–Kier alpha value is -1.20. The molecule has 0 amide bonds. The number of nitriles is 1. The second-order valence-electron chi connectivity index (χ2n) is 5.23. The third-order valence-electron chi connectivity index (χ3n) is 3.74. The largest absolute Gasteiger partial charge is 0.381 e. The lowest BCUT2D eigenvalue weighted by atomic mass is 10.0. The van der Waals surface area contributed by atoms with Gasteiger partial charge in [-0.25, -0.2) is 0 Å². The van der Waals surface area contributed by atoms with Crippen LogP contribution in [-0.2, 0) is 0 Å². The van der Waals surface area contributed by atoms with Gasteiger partial charge in [0.15, 0.2) is 0 Å². The van der Waals surface area contributed by atoms with E-state index in [1.807, 2.05) is 12.1 Å². The van der Waals surface area contributed by atoms with E-state index in [-0.39, 0.29) is 0 Å². The second-order valence-corrected chi connectivity index (χ2v) is 5.64. The van der Waals surface area contributed by atoms with Gasteiger partial charge in [-0.3, -0.25) is 0 Å². The van der Waals surface area contributed by atoms with Crippen molar-refractivity contribution < 1.29 is 0 Å². The van der Waals surface area contributed by atoms with Crippen LogP contribution in [0.1, 0.15) is 44.6 Å². The molecule has 18 heavy (non-hydrogen) atoms. The summed E-state index contributed by atoms with van der Waals surface area (Å²) < 4.78 is 0. The first-order valence-electron chi connectivity index (χ1n) is 6.66. The van der Waals surface area contributed by atoms with E-state index in [0.717, 1.165) is 11.6 Å². The maximum atomic E-state index is 9.15. The lowest BCUT2D eigenvalue weighted by molar-refractivity contribution is 0.502. The quantitative estimate of drug-likeness (QED) is 0.791. The van der Waals surface area contributed by atoms with Crippen LogP contribution in [0.5, 0.6) is 0 Å². The molecule has 1 aliphatic rings. The minimum atomic E-state index is 0.473. The van der Waals surface area contributed by atoms with Crippen LogP contribution >= 0.6 is 11.6 Å². The average molecular weight is 263 g/mol. The van der Waals surface area contributed by atoms with Crippen LogP contribution in [0, 0.1) is 17.2 Å². The standard InChI is InChI=1S/C15H19ClN2/c1-11-4-2-5-12(9-8-11)18-15-7-3-6-14(16)13(15)10-17/h3,6-7,11-12,18H,2,4-5,8-9H2,1H3. The number of nitrogens with zero attached hydrogens (tertiary/aromatic N) is 1. The van der Waals surface area contributed by atoms with Gasteiger partial charge < -0.3 is 5.32 Å². The molecule has 0 heterocycles. The molecule has 1 aromatic rings. The highest BCUT2D eigenvalue weighted by molar-refractivity contribution is 6.32. The van der Waals surface area contributed by atoms with Gasteiger partial charge >= 0.3 is 0 Å². The summed E-state index contributed by atoms with van der Waals surface area (Å²) in [6.07, 6.45) is 6.21. The Bertz CT molecular complexity index is 450. The van der Waals surface area contributed by atoms with Gasteiger partial charge in [0.25, 0.3) is 0 Å². The number of rotatable bonds is 2. The van der Waals surface area contributed by atoms with E-state index in [0.29, 0.717) is 16.6 Å². The van der Waals surface area contributed by atoms with Gasteiger partial charge in [0.05, 0.1) is 16.3 Å². The van der Waals surface area contributed by atoms with Crippen LogP contribution in [0.2, 0.25) is 5.02 Å². The Balaban J connectivity index is 2.09. The highest BCUT2D eigenvalue weighted by atomic mass is 35.5. The molecule has 2 rings (SSSR count). The first kappa shape index (κ1) is 13.2. The van der Waals surface area contributed by atoms with E-state index in [2.05, 4.69) is 18.3 Å². The van der Waals surface area contributed by atoms with Crippen molar-refractivity contribution in [3.63, 3.8) is 0 Å². The summed E-state index contributed by atoms with van der Waals surface area (Å²) in [5, 5.41) is 13.2. The molecule has 0 bridgehead atoms. The Morgan fingerprint density at radius 3 is 2.89 bits per heavy atom. The molecule has 1 aromatic carbocycles. The van der Waals surface area contributed by atoms with Crippen molar-refractivity contribution in [2.24, 2.45) is 5.92 Å². The Labute approximate surface area is 114 Å². The molecule has 0 aliphatic heterocycles. The number of halogens is 1. The van der Waals surface area contributed by atoms with E-state index in [1.54, 1.807) is 6.07 Å². The SMILES string of the molecule is CC1CCCC(Nc2cccc(Cl)c2C#N)CC1. The Morgan fingerprint density at radius 2 is 2.11 bits per heavy atom. The zero-order valence-corrected chi connectivity index (χ0v) is 11.5. The van der Waals surface area contributed by atoms with Gasteiger partial charge in [0.2, 0.25) is 0 Å². The van der Waals surface area contributed by atoms with E-state index >= 15 is 0 Å². The molecule has 0 radical (unpaired) electrons. The highest BCUT2D eigenvalue weighted by Crippen LogP contribution is 2.28. The fourth-order valence-electron chi connectivity index (χ4n) is 2.61. The predicted molar refractivity (Wildman–Crippen MR) is 75.8 cm³/mol. The van der Waals surface area contributed by atoms with Crippen LogP contribution in [0.25, 0.3) is 0 Å². The molecule has 3 heteroatoms. The highest BCUT2D eigenvalue weighted by Gasteiger charge is 2.17. The minimum Gasteiger partial charge on any atom is -0.381 e. The van der Waals surface area contributed by atoms with Crippen LogP contribution in [-0.4, -0.2) is 6.04 Å². The third-order valence-corrected chi connectivity index (χ3v) is 4.06. The first-order chi connectivity index (χ1) is 8.70. The lowest BCUT2D eigenvalue weighted by Crippen LogP contribution is -2.19. The van der Waals surface area contributed by atoms with Crippen molar-refractivity contribution in [1.29, 1.82) is 5.26 Å². The smallest absolute Gasteiger partial charge is 0.103 e. The van der Waals surface area contributed by atoms with Gasteiger partial charge in [-0.2, -0.15) is 5.26 Å². The molecule has 2 atom stereocenters. The fraction of sp³-hybridized carbons (Fsp3) is 0.533. The summed E-state index contributed by atoms with van der Waals surface area (Å²) in [6.45, 7) is 2.32. The van der Waals surface area contributed by atoms with Gasteiger partial charge in [-0.05, 0) is 37.3 Å². The molecule has 1 N–H and O–H groups in total. The third kappa shape index (κ3) is 3.17. The van der Waals surface area contributed by atoms with E-state index in [9.17, 15) is 0 Å². The topological polar surface area (TPSA) is 35.8 Å². The molecule has 2 nitrogen and oxygen atoms in total. The summed E-state index contributed by atoms with van der Waals surface area (Å²) in [4.78, 5) is 0. The normalized spacial score (nSPS) is 24.1. The molecule has 0 aromatic heterocycles. The van der Waals surface area contributed by atoms with Crippen molar-refractivity contribution in [3.8, 4) is 6.07 Å². The number of anilines is 1. The summed E-state index contributed by atoms with van der Waals surface area (Å²) in [5.74, 6) is 0.826. The fourth-order valence-corrected chi connectivity index (χ4v) is 2.83. The predicted octanol–water partition coefficient (Wildman–Crippen LogP) is 4.59. The number of hydrogen-bond acceptors (Lipinski definition) is 2. The molecule has 0 saturated heterocycles. The number of hydrogen-bond donors (Lipinski definition) is 1. The Kier molecular flexibility index (Phi) is 4.49. The molecule has 96 valence electrons. The minimum absolute atomic E-state index is 0.473. The van der Waals surface area contributed by atoms with Crippen molar-refractivity contribution in [1.82, 2.24) is 0 Å². The lowest BCUT2D eigenvalue weighted by Gasteiger charge is -2.19. The van der Waals surface area contributed by atoms with Crippen LogP contribution in [0.3, 0.4) is 0 Å². The molecule has 1 aliphatic carbocycles. The summed E-state index contributed by atoms with van der Waals surface area (Å²) in [6, 6.07) is 8.26. The maximum Gasteiger partial charge on any atom is 0.103 e. The van der Waals surface area contributed by atoms with Crippen LogP contribution < -0.4 is 5.32 Å². The van der Waals surface area contributed by atoms with Crippen molar-refractivity contribution >= 4 is 17.3 Å². The van der Waals surface area contributed by atoms with Crippen molar-refractivity contribution in [2.75, 3.05) is 5.32 Å². The van der Waals surface area contributed by atoms with Crippen LogP contribution in [0.4, 0.5) is 5.69 Å². The van der Waals surface area contributed by atoms with Crippen molar-refractivity contribution in [2.45, 2.75) is 45.1 Å². The maximum absolute atomic E-state index is 9.15. The summed E-state index contributed by atoms with van der Waals surface area (Å²) in [5.41, 5.74) is 1.45. The first-order valence-corrected chi connectivity index (χ1v) is 7.03. The zero-order chi connectivity index (χ0) is 13.0. The molecular weight excluding hydrogens is 244 g/mol. The average Bonchev–Trinajstić information content (AvgIpc) is 2.55. The molecule has 2 unspecified atom stereocenters. The van der Waals surface area contributed by atoms with E-state index < -0.39 is 0 Å². The van der Waals surface area contributed by atoms with Gasteiger partial charge in [-0.1, -0.05) is 37.4 Å². The number of benzene rings is 1. The Morgan fingerprint density at radius 1 is 1.28 bits per heavy atom. The van der Waals surface area contributed by atoms with Gasteiger partial charge in [0, 0.05) is 6.04 Å². The molecule has 0 spiro atoms. The van der Waals surface area contributed by atoms with Crippen LogP contribution in [0.15, 0.2) is 18.2 Å². The second kappa shape index (κ2) is 6.11. The van der Waals surface area contributed by atoms with Gasteiger partial charge in [0.1, 0.15) is 6.07 Å². The molecule has 1 fully saturated rings. The zero-order valence-electron chi connectivity index (χ0n) is 10.7. The number of nitrogens with one attached hydrogen (secondary N) is 1. The summed E-state index contributed by atoms with van der Waals surface area (Å²) >= 11 is 6.04.